The smallest absolute Gasteiger partial charge is 0.306 e. The van der Waals surface area contributed by atoms with E-state index in [-0.39, 0.29) is 18.0 Å². The SMILES string of the molecule is COC(=O)CC1(CSCCCO)CC1. The summed E-state index contributed by atoms with van der Waals surface area (Å²) in [6.07, 6.45) is 3.71. The highest BCUT2D eigenvalue weighted by Gasteiger charge is 2.44. The van der Waals surface area contributed by atoms with Gasteiger partial charge in [-0.2, -0.15) is 11.8 Å². The first-order chi connectivity index (χ1) is 6.72. The Bertz CT molecular complexity index is 190. The van der Waals surface area contributed by atoms with Gasteiger partial charge in [0.15, 0.2) is 0 Å². The molecule has 1 saturated carbocycles. The zero-order valence-corrected chi connectivity index (χ0v) is 9.44. The second-order valence-electron chi connectivity index (χ2n) is 3.88. The summed E-state index contributed by atoms with van der Waals surface area (Å²) < 4.78 is 4.67. The van der Waals surface area contributed by atoms with Gasteiger partial charge in [0.1, 0.15) is 0 Å². The maximum atomic E-state index is 11.1. The average Bonchev–Trinajstić information content (AvgIpc) is 2.93. The van der Waals surface area contributed by atoms with Crippen LogP contribution in [0.4, 0.5) is 0 Å². The van der Waals surface area contributed by atoms with E-state index in [0.29, 0.717) is 6.42 Å². The van der Waals surface area contributed by atoms with Crippen molar-refractivity contribution in [3.63, 3.8) is 0 Å². The molecule has 0 aromatic heterocycles. The Kier molecular flexibility index (Phi) is 4.75. The van der Waals surface area contributed by atoms with Crippen molar-refractivity contribution in [3.8, 4) is 0 Å². The van der Waals surface area contributed by atoms with Crippen LogP contribution in [-0.2, 0) is 9.53 Å². The van der Waals surface area contributed by atoms with E-state index in [9.17, 15) is 4.79 Å². The van der Waals surface area contributed by atoms with Gasteiger partial charge in [0.2, 0.25) is 0 Å². The van der Waals surface area contributed by atoms with Crippen molar-refractivity contribution in [1.29, 1.82) is 0 Å². The van der Waals surface area contributed by atoms with Gasteiger partial charge in [0.05, 0.1) is 13.5 Å². The zero-order valence-electron chi connectivity index (χ0n) is 8.62. The first kappa shape index (κ1) is 11.9. The summed E-state index contributed by atoms with van der Waals surface area (Å²) in [7, 11) is 1.44. The van der Waals surface area contributed by atoms with E-state index >= 15 is 0 Å². The van der Waals surface area contributed by atoms with Crippen LogP contribution in [0.2, 0.25) is 0 Å². The fraction of sp³-hybridized carbons (Fsp3) is 0.900. The van der Waals surface area contributed by atoms with Crippen LogP contribution in [0.15, 0.2) is 0 Å². The molecule has 1 aliphatic rings. The molecule has 1 rings (SSSR count). The number of rotatable bonds is 7. The molecule has 0 atom stereocenters. The van der Waals surface area contributed by atoms with Crippen LogP contribution in [0.1, 0.15) is 25.7 Å². The second kappa shape index (κ2) is 5.61. The van der Waals surface area contributed by atoms with E-state index in [4.69, 9.17) is 5.11 Å². The molecule has 0 bridgehead atoms. The number of ether oxygens (including phenoxy) is 1. The van der Waals surface area contributed by atoms with Crippen LogP contribution < -0.4 is 0 Å². The maximum Gasteiger partial charge on any atom is 0.306 e. The molecule has 0 saturated heterocycles. The Morgan fingerprint density at radius 2 is 2.29 bits per heavy atom. The molecule has 0 aromatic carbocycles. The molecule has 14 heavy (non-hydrogen) atoms. The van der Waals surface area contributed by atoms with E-state index < -0.39 is 0 Å². The number of aliphatic hydroxyl groups excluding tert-OH is 1. The summed E-state index contributed by atoms with van der Waals surface area (Å²) in [6, 6.07) is 0. The standard InChI is InChI=1S/C10H18O3S/c1-13-9(12)7-10(3-4-10)8-14-6-2-5-11/h11H,2-8H2,1H3. The van der Waals surface area contributed by atoms with Gasteiger partial charge in [-0.25, -0.2) is 0 Å². The third-order valence-electron chi connectivity index (χ3n) is 2.56. The minimum Gasteiger partial charge on any atom is -0.469 e. The van der Waals surface area contributed by atoms with Gasteiger partial charge < -0.3 is 9.84 Å². The zero-order chi connectivity index (χ0) is 10.4. The van der Waals surface area contributed by atoms with Crippen molar-refractivity contribution >= 4 is 17.7 Å². The van der Waals surface area contributed by atoms with Gasteiger partial charge in [-0.15, -0.1) is 0 Å². The number of thioether (sulfide) groups is 1. The number of methoxy groups -OCH3 is 1. The number of hydrogen-bond acceptors (Lipinski definition) is 4. The summed E-state index contributed by atoms with van der Waals surface area (Å²) >= 11 is 1.83. The van der Waals surface area contributed by atoms with E-state index in [1.54, 1.807) is 0 Å². The Hall–Kier alpha value is -0.220. The van der Waals surface area contributed by atoms with Crippen molar-refractivity contribution in [2.45, 2.75) is 25.7 Å². The van der Waals surface area contributed by atoms with Gasteiger partial charge in [0, 0.05) is 6.61 Å². The number of hydrogen-bond donors (Lipinski definition) is 1. The Balaban J connectivity index is 2.12. The van der Waals surface area contributed by atoms with E-state index in [1.165, 1.54) is 7.11 Å². The molecule has 3 nitrogen and oxygen atoms in total. The number of aliphatic hydroxyl groups is 1. The predicted octanol–water partition coefficient (Wildman–Crippen LogP) is 1.45. The highest BCUT2D eigenvalue weighted by molar-refractivity contribution is 7.99. The molecule has 1 fully saturated rings. The first-order valence-corrected chi connectivity index (χ1v) is 6.13. The summed E-state index contributed by atoms with van der Waals surface area (Å²) in [5.74, 6) is 1.92. The summed E-state index contributed by atoms with van der Waals surface area (Å²) in [4.78, 5) is 11.1. The molecule has 0 unspecified atom stereocenters. The van der Waals surface area contributed by atoms with Crippen molar-refractivity contribution in [2.24, 2.45) is 5.41 Å². The molecule has 0 amide bonds. The predicted molar refractivity (Wildman–Crippen MR) is 57.3 cm³/mol. The monoisotopic (exact) mass is 218 g/mol. The van der Waals surface area contributed by atoms with Crippen molar-refractivity contribution in [3.05, 3.63) is 0 Å². The number of carbonyl (C=O) groups is 1. The normalized spacial score (nSPS) is 17.9. The molecular formula is C10H18O3S. The molecule has 82 valence electrons. The molecule has 0 spiro atoms. The minimum atomic E-state index is -0.0924. The van der Waals surface area contributed by atoms with Gasteiger partial charge in [-0.05, 0) is 36.2 Å². The van der Waals surface area contributed by atoms with Gasteiger partial charge in [-0.3, -0.25) is 4.79 Å². The van der Waals surface area contributed by atoms with Gasteiger partial charge in [-0.1, -0.05) is 0 Å². The minimum absolute atomic E-state index is 0.0924. The van der Waals surface area contributed by atoms with Crippen molar-refractivity contribution in [2.75, 3.05) is 25.2 Å². The van der Waals surface area contributed by atoms with Crippen molar-refractivity contribution < 1.29 is 14.6 Å². The lowest BCUT2D eigenvalue weighted by Gasteiger charge is -2.12. The molecular weight excluding hydrogens is 200 g/mol. The second-order valence-corrected chi connectivity index (χ2v) is 4.99. The van der Waals surface area contributed by atoms with E-state index in [2.05, 4.69) is 4.74 Å². The third-order valence-corrected chi connectivity index (χ3v) is 3.95. The van der Waals surface area contributed by atoms with E-state index in [1.807, 2.05) is 11.8 Å². The lowest BCUT2D eigenvalue weighted by Crippen LogP contribution is -2.13. The van der Waals surface area contributed by atoms with Crippen LogP contribution in [-0.4, -0.2) is 36.3 Å². The summed E-state index contributed by atoms with van der Waals surface area (Å²) in [5, 5.41) is 8.61. The lowest BCUT2D eigenvalue weighted by molar-refractivity contribution is -0.141. The highest BCUT2D eigenvalue weighted by atomic mass is 32.2. The number of esters is 1. The topological polar surface area (TPSA) is 46.5 Å². The highest BCUT2D eigenvalue weighted by Crippen LogP contribution is 2.51. The summed E-state index contributed by atoms with van der Waals surface area (Å²) in [5.41, 5.74) is 0.229. The third kappa shape index (κ3) is 3.88. The molecule has 1 N–H and O–H groups in total. The van der Waals surface area contributed by atoms with Crippen LogP contribution in [0.5, 0.6) is 0 Å². The molecule has 0 heterocycles. The van der Waals surface area contributed by atoms with E-state index in [0.717, 1.165) is 30.8 Å². The average molecular weight is 218 g/mol. The van der Waals surface area contributed by atoms with Crippen LogP contribution in [0.3, 0.4) is 0 Å². The molecule has 0 aliphatic heterocycles. The largest absolute Gasteiger partial charge is 0.469 e. The van der Waals surface area contributed by atoms with Crippen LogP contribution in [0.25, 0.3) is 0 Å². The molecule has 0 radical (unpaired) electrons. The maximum absolute atomic E-state index is 11.1. The van der Waals surface area contributed by atoms with Gasteiger partial charge in [0.25, 0.3) is 0 Å². The lowest BCUT2D eigenvalue weighted by atomic mass is 10.1. The quantitative estimate of drug-likeness (QED) is 0.519. The fourth-order valence-electron chi connectivity index (χ4n) is 1.38. The van der Waals surface area contributed by atoms with Crippen molar-refractivity contribution in [1.82, 2.24) is 0 Å². The Morgan fingerprint density at radius 3 is 2.79 bits per heavy atom. The first-order valence-electron chi connectivity index (χ1n) is 4.98. The van der Waals surface area contributed by atoms with Crippen LogP contribution >= 0.6 is 11.8 Å². The molecule has 0 aromatic rings. The number of carbonyl (C=O) groups excluding carboxylic acids is 1. The molecule has 1 aliphatic carbocycles. The Morgan fingerprint density at radius 1 is 1.57 bits per heavy atom. The summed E-state index contributed by atoms with van der Waals surface area (Å²) in [6.45, 7) is 0.261. The van der Waals surface area contributed by atoms with Crippen LogP contribution in [0, 0.1) is 5.41 Å². The Labute approximate surface area is 89.2 Å². The van der Waals surface area contributed by atoms with Gasteiger partial charge >= 0.3 is 5.97 Å². The molecule has 4 heteroatoms. The fourth-order valence-corrected chi connectivity index (χ4v) is 2.68.